The van der Waals surface area contributed by atoms with E-state index < -0.39 is 28.5 Å². The second-order valence-electron chi connectivity index (χ2n) is 10.3. The summed E-state index contributed by atoms with van der Waals surface area (Å²) in [6, 6.07) is 17.4. The molecule has 10 heteroatoms. The van der Waals surface area contributed by atoms with E-state index >= 15 is 0 Å². The molecular formula is C31H37Cl2N3O4S. The van der Waals surface area contributed by atoms with E-state index in [4.69, 9.17) is 23.2 Å². The maximum Gasteiger partial charge on any atom is 0.264 e. The van der Waals surface area contributed by atoms with Crippen molar-refractivity contribution in [2.24, 2.45) is 5.92 Å². The van der Waals surface area contributed by atoms with Crippen LogP contribution in [-0.4, -0.2) is 44.3 Å². The first-order valence-corrected chi connectivity index (χ1v) is 15.7. The van der Waals surface area contributed by atoms with E-state index in [1.807, 2.05) is 33.8 Å². The van der Waals surface area contributed by atoms with Crippen LogP contribution in [0.5, 0.6) is 0 Å². The van der Waals surface area contributed by atoms with Crippen molar-refractivity contribution in [3.8, 4) is 0 Å². The average Bonchev–Trinajstić information content (AvgIpc) is 2.94. The maximum atomic E-state index is 14.2. The molecule has 0 fully saturated rings. The quantitative estimate of drug-likeness (QED) is 0.255. The number of nitrogens with zero attached hydrogens (tertiary/aromatic N) is 2. The summed E-state index contributed by atoms with van der Waals surface area (Å²) in [6.45, 7) is 9.28. The van der Waals surface area contributed by atoms with Gasteiger partial charge in [0.1, 0.15) is 12.6 Å². The molecule has 2 amide bonds. The first-order valence-electron chi connectivity index (χ1n) is 13.5. The van der Waals surface area contributed by atoms with E-state index in [-0.39, 0.29) is 23.3 Å². The van der Waals surface area contributed by atoms with E-state index in [1.165, 1.54) is 17.0 Å². The number of sulfonamides is 1. The highest BCUT2D eigenvalue weighted by Crippen LogP contribution is 2.30. The Morgan fingerprint density at radius 2 is 1.51 bits per heavy atom. The Hall–Kier alpha value is -3.07. The SMILES string of the molecule is CCC(C(=O)NCC(C)C)N(Cc1c(Cl)cccc1Cl)C(=O)CN(c1cccc(C)c1C)S(=O)(=O)c1ccccc1. The summed E-state index contributed by atoms with van der Waals surface area (Å²) < 4.78 is 29.1. The Bertz CT molecular complexity index is 1460. The lowest BCUT2D eigenvalue weighted by Gasteiger charge is -2.34. The monoisotopic (exact) mass is 617 g/mol. The molecule has 0 bridgehead atoms. The second kappa shape index (κ2) is 14.2. The topological polar surface area (TPSA) is 86.8 Å². The van der Waals surface area contributed by atoms with Gasteiger partial charge in [0.15, 0.2) is 0 Å². The van der Waals surface area contributed by atoms with Gasteiger partial charge in [-0.15, -0.1) is 0 Å². The molecule has 1 N–H and O–H groups in total. The van der Waals surface area contributed by atoms with Crippen LogP contribution in [0.2, 0.25) is 10.0 Å². The number of halogens is 2. The number of rotatable bonds is 12. The van der Waals surface area contributed by atoms with Crippen molar-refractivity contribution in [3.05, 3.63) is 93.5 Å². The molecular weight excluding hydrogens is 581 g/mol. The van der Waals surface area contributed by atoms with Crippen LogP contribution in [0.4, 0.5) is 5.69 Å². The van der Waals surface area contributed by atoms with Crippen LogP contribution in [0, 0.1) is 19.8 Å². The summed E-state index contributed by atoms with van der Waals surface area (Å²) in [5.41, 5.74) is 2.46. The van der Waals surface area contributed by atoms with Gasteiger partial charge in [0.25, 0.3) is 10.0 Å². The Morgan fingerprint density at radius 1 is 0.902 bits per heavy atom. The number of anilines is 1. The molecule has 0 aliphatic rings. The molecule has 0 aromatic heterocycles. The molecule has 1 unspecified atom stereocenters. The lowest BCUT2D eigenvalue weighted by Crippen LogP contribution is -2.52. The second-order valence-corrected chi connectivity index (χ2v) is 13.0. The minimum Gasteiger partial charge on any atom is -0.354 e. The van der Waals surface area contributed by atoms with Gasteiger partial charge in [-0.3, -0.25) is 13.9 Å². The predicted octanol–water partition coefficient (Wildman–Crippen LogP) is 6.39. The highest BCUT2D eigenvalue weighted by atomic mass is 35.5. The molecule has 3 aromatic carbocycles. The smallest absolute Gasteiger partial charge is 0.264 e. The minimum atomic E-state index is -4.15. The molecule has 0 aliphatic heterocycles. The largest absolute Gasteiger partial charge is 0.354 e. The Morgan fingerprint density at radius 3 is 2.10 bits per heavy atom. The number of amides is 2. The van der Waals surface area contributed by atoms with E-state index in [0.29, 0.717) is 34.3 Å². The van der Waals surface area contributed by atoms with Crippen molar-refractivity contribution in [2.75, 3.05) is 17.4 Å². The summed E-state index contributed by atoms with van der Waals surface area (Å²) in [6.07, 6.45) is 0.298. The number of carbonyl (C=O) groups is 2. The summed E-state index contributed by atoms with van der Waals surface area (Å²) in [5.74, 6) is -0.690. The number of hydrogen-bond acceptors (Lipinski definition) is 4. The Kier molecular flexibility index (Phi) is 11.2. The van der Waals surface area contributed by atoms with E-state index in [0.717, 1.165) is 15.4 Å². The fourth-order valence-electron chi connectivity index (χ4n) is 4.43. The zero-order valence-electron chi connectivity index (χ0n) is 24.0. The van der Waals surface area contributed by atoms with E-state index in [9.17, 15) is 18.0 Å². The van der Waals surface area contributed by atoms with Gasteiger partial charge in [0.2, 0.25) is 11.8 Å². The standard InChI is InChI=1S/C31H37Cl2N3O4S/c1-6-28(31(38)34-18-21(2)3)35(19-25-26(32)15-11-16-27(25)33)30(37)20-36(29-17-10-12-22(4)23(29)5)41(39,40)24-13-8-7-9-14-24/h7-17,21,28H,6,18-20H2,1-5H3,(H,34,38). The first-order chi connectivity index (χ1) is 19.4. The minimum absolute atomic E-state index is 0.0520. The van der Waals surface area contributed by atoms with Crippen molar-refractivity contribution >= 4 is 50.7 Å². The zero-order valence-corrected chi connectivity index (χ0v) is 26.4. The van der Waals surface area contributed by atoms with Crippen molar-refractivity contribution in [1.82, 2.24) is 10.2 Å². The van der Waals surface area contributed by atoms with Gasteiger partial charge in [-0.25, -0.2) is 8.42 Å². The van der Waals surface area contributed by atoms with Crippen LogP contribution in [0.15, 0.2) is 71.6 Å². The summed E-state index contributed by atoms with van der Waals surface area (Å²) in [5, 5.41) is 3.60. The Labute approximate surface area is 253 Å². The van der Waals surface area contributed by atoms with Crippen molar-refractivity contribution in [1.29, 1.82) is 0 Å². The fraction of sp³-hybridized carbons (Fsp3) is 0.355. The number of nitrogens with one attached hydrogen (secondary N) is 1. The number of benzene rings is 3. The van der Waals surface area contributed by atoms with Gasteiger partial charge in [-0.2, -0.15) is 0 Å². The number of hydrogen-bond donors (Lipinski definition) is 1. The van der Waals surface area contributed by atoms with Crippen LogP contribution in [0.1, 0.15) is 43.9 Å². The molecule has 3 aromatic rings. The van der Waals surface area contributed by atoms with Crippen LogP contribution in [-0.2, 0) is 26.2 Å². The predicted molar refractivity (Wildman–Crippen MR) is 166 cm³/mol. The molecule has 7 nitrogen and oxygen atoms in total. The van der Waals surface area contributed by atoms with Crippen LogP contribution >= 0.6 is 23.2 Å². The molecule has 41 heavy (non-hydrogen) atoms. The highest BCUT2D eigenvalue weighted by Gasteiger charge is 2.34. The zero-order chi connectivity index (χ0) is 30.3. The lowest BCUT2D eigenvalue weighted by molar-refractivity contribution is -0.140. The average molecular weight is 619 g/mol. The maximum absolute atomic E-state index is 14.2. The van der Waals surface area contributed by atoms with Crippen molar-refractivity contribution < 1.29 is 18.0 Å². The van der Waals surface area contributed by atoms with Gasteiger partial charge in [-0.1, -0.05) is 80.4 Å². The molecule has 0 radical (unpaired) electrons. The van der Waals surface area contributed by atoms with Crippen LogP contribution < -0.4 is 9.62 Å². The first kappa shape index (κ1) is 32.4. The van der Waals surface area contributed by atoms with Crippen LogP contribution in [0.25, 0.3) is 0 Å². The molecule has 0 aliphatic carbocycles. The third kappa shape index (κ3) is 7.82. The molecule has 0 spiro atoms. The van der Waals surface area contributed by atoms with E-state index in [2.05, 4.69) is 5.32 Å². The summed E-state index contributed by atoms with van der Waals surface area (Å²) >= 11 is 12.9. The van der Waals surface area contributed by atoms with Crippen LogP contribution in [0.3, 0.4) is 0 Å². The van der Waals surface area contributed by atoms with Gasteiger partial charge in [-0.05, 0) is 67.6 Å². The van der Waals surface area contributed by atoms with Gasteiger partial charge in [0, 0.05) is 28.7 Å². The van der Waals surface area contributed by atoms with Gasteiger partial charge >= 0.3 is 0 Å². The molecule has 1 atom stereocenters. The molecule has 3 rings (SSSR count). The lowest BCUT2D eigenvalue weighted by atomic mass is 10.1. The molecule has 0 saturated heterocycles. The highest BCUT2D eigenvalue weighted by molar-refractivity contribution is 7.92. The van der Waals surface area contributed by atoms with Crippen molar-refractivity contribution in [3.63, 3.8) is 0 Å². The molecule has 220 valence electrons. The van der Waals surface area contributed by atoms with Gasteiger partial charge < -0.3 is 10.2 Å². The number of carbonyl (C=O) groups excluding carboxylic acids is 2. The summed E-state index contributed by atoms with van der Waals surface area (Å²) in [4.78, 5) is 29.0. The van der Waals surface area contributed by atoms with Gasteiger partial charge in [0.05, 0.1) is 10.6 Å². The Balaban J connectivity index is 2.12. The third-order valence-corrected chi connectivity index (χ3v) is 9.40. The van der Waals surface area contributed by atoms with Crippen molar-refractivity contribution in [2.45, 2.75) is 58.5 Å². The normalized spacial score (nSPS) is 12.2. The molecule has 0 saturated carbocycles. The fourth-order valence-corrected chi connectivity index (χ4v) is 6.44. The molecule has 0 heterocycles. The summed E-state index contributed by atoms with van der Waals surface area (Å²) in [7, 11) is -4.15. The van der Waals surface area contributed by atoms with E-state index in [1.54, 1.807) is 55.5 Å². The third-order valence-electron chi connectivity index (χ3n) is 6.92. The number of aryl methyl sites for hydroxylation is 1.